The van der Waals surface area contributed by atoms with E-state index >= 15 is 0 Å². The van der Waals surface area contributed by atoms with Crippen molar-refractivity contribution >= 4 is 43.2 Å². The molecule has 1 aliphatic heterocycles. The first-order valence-electron chi connectivity index (χ1n) is 12.4. The summed E-state index contributed by atoms with van der Waals surface area (Å²) in [5.74, 6) is -0.0353. The summed E-state index contributed by atoms with van der Waals surface area (Å²) in [5, 5.41) is 2.67. The number of carbonyl (C=O) groups excluding carboxylic acids is 1. The van der Waals surface area contributed by atoms with Crippen LogP contribution in [0.1, 0.15) is 34.3 Å². The van der Waals surface area contributed by atoms with Crippen molar-refractivity contribution in [1.29, 1.82) is 0 Å². The molecule has 0 aliphatic carbocycles. The maximum Gasteiger partial charge on any atom is 0.263 e. The second-order valence-corrected chi connectivity index (χ2v) is 13.2. The number of anilines is 1. The van der Waals surface area contributed by atoms with Crippen LogP contribution in [0.3, 0.4) is 0 Å². The Morgan fingerprint density at radius 1 is 0.923 bits per heavy atom. The first-order valence-corrected chi connectivity index (χ1v) is 15.7. The Morgan fingerprint density at radius 2 is 1.62 bits per heavy atom. The fraction of sp³-hybridized carbons (Fsp3) is 0.296. The number of aryl methyl sites for hydroxylation is 2. The molecule has 1 aliphatic rings. The number of nitrogens with one attached hydrogen (secondary N) is 2. The maximum atomic E-state index is 13.0. The minimum absolute atomic E-state index is 0.0126. The quantitative estimate of drug-likeness (QED) is 0.338. The molecular weight excluding hydrogens is 562 g/mol. The molecule has 2 N–H and O–H groups in total. The van der Waals surface area contributed by atoms with Crippen LogP contribution >= 0.6 is 11.6 Å². The van der Waals surface area contributed by atoms with E-state index < -0.39 is 26.0 Å². The van der Waals surface area contributed by atoms with Gasteiger partial charge in [-0.3, -0.25) is 9.52 Å². The van der Waals surface area contributed by atoms with Gasteiger partial charge < -0.3 is 10.1 Å². The minimum Gasteiger partial charge on any atom is -0.492 e. The molecule has 9 nitrogen and oxygen atoms in total. The standard InChI is InChI=1S/C27H30ClN3O6S2/c1-19-5-7-22(17-20(19)2)30-38(33,34)26-18-21(6-12-25(26)28)27(32)29-13-16-37-23-8-10-24(11-9-23)39(35,36)31-14-3-4-15-31/h5-12,17-18,30H,3-4,13-16H2,1-2H3,(H,29,32). The Balaban J connectivity index is 1.33. The van der Waals surface area contributed by atoms with E-state index in [-0.39, 0.29) is 33.5 Å². The topological polar surface area (TPSA) is 122 Å². The summed E-state index contributed by atoms with van der Waals surface area (Å²) in [6.45, 7) is 5.13. The average molecular weight is 592 g/mol. The van der Waals surface area contributed by atoms with Crippen LogP contribution in [0.25, 0.3) is 0 Å². The van der Waals surface area contributed by atoms with E-state index in [9.17, 15) is 21.6 Å². The molecule has 0 radical (unpaired) electrons. The van der Waals surface area contributed by atoms with Gasteiger partial charge in [0.1, 0.15) is 17.3 Å². The highest BCUT2D eigenvalue weighted by atomic mass is 35.5. The lowest BCUT2D eigenvalue weighted by Crippen LogP contribution is -2.28. The van der Waals surface area contributed by atoms with Crippen molar-refractivity contribution in [3.63, 3.8) is 0 Å². The number of amides is 1. The number of halogens is 1. The molecule has 39 heavy (non-hydrogen) atoms. The van der Waals surface area contributed by atoms with E-state index in [1.54, 1.807) is 24.3 Å². The van der Waals surface area contributed by atoms with Crippen LogP contribution in [0.5, 0.6) is 5.75 Å². The first kappa shape index (κ1) is 28.9. The zero-order valence-electron chi connectivity index (χ0n) is 21.6. The molecule has 0 bridgehead atoms. The van der Waals surface area contributed by atoms with Crippen LogP contribution < -0.4 is 14.8 Å². The Kier molecular flexibility index (Phi) is 8.85. The fourth-order valence-corrected chi connectivity index (χ4v) is 7.18. The lowest BCUT2D eigenvalue weighted by Gasteiger charge is -2.15. The predicted molar refractivity (Wildman–Crippen MR) is 150 cm³/mol. The smallest absolute Gasteiger partial charge is 0.263 e. The lowest BCUT2D eigenvalue weighted by molar-refractivity contribution is 0.0946. The second kappa shape index (κ2) is 12.0. The zero-order valence-corrected chi connectivity index (χ0v) is 24.0. The Morgan fingerprint density at radius 3 is 2.28 bits per heavy atom. The third-order valence-corrected chi connectivity index (χ3v) is 10.2. The van der Waals surface area contributed by atoms with E-state index in [4.69, 9.17) is 16.3 Å². The third kappa shape index (κ3) is 6.91. The van der Waals surface area contributed by atoms with Gasteiger partial charge in [-0.2, -0.15) is 4.31 Å². The van der Waals surface area contributed by atoms with Gasteiger partial charge in [0, 0.05) is 24.3 Å². The zero-order chi connectivity index (χ0) is 28.2. The molecule has 0 unspecified atom stereocenters. The van der Waals surface area contributed by atoms with Crippen LogP contribution in [-0.2, 0) is 20.0 Å². The molecule has 12 heteroatoms. The van der Waals surface area contributed by atoms with Crippen molar-refractivity contribution in [3.05, 3.63) is 82.4 Å². The number of benzene rings is 3. The molecule has 0 spiro atoms. The van der Waals surface area contributed by atoms with Crippen LogP contribution in [-0.4, -0.2) is 53.3 Å². The molecule has 4 rings (SSSR count). The number of rotatable bonds is 10. The Hall–Kier alpha value is -3.12. The van der Waals surface area contributed by atoms with E-state index in [1.807, 2.05) is 19.9 Å². The Bertz CT molecular complexity index is 1570. The number of hydrogen-bond donors (Lipinski definition) is 2. The van der Waals surface area contributed by atoms with Crippen LogP contribution in [0.15, 0.2) is 70.5 Å². The van der Waals surface area contributed by atoms with Gasteiger partial charge in [-0.25, -0.2) is 16.8 Å². The molecule has 3 aromatic rings. The molecule has 208 valence electrons. The minimum atomic E-state index is -4.04. The van der Waals surface area contributed by atoms with E-state index in [1.165, 1.54) is 34.6 Å². The van der Waals surface area contributed by atoms with Crippen molar-refractivity contribution in [2.75, 3.05) is 31.0 Å². The second-order valence-electron chi connectivity index (χ2n) is 9.24. The highest BCUT2D eigenvalue weighted by Gasteiger charge is 2.27. The number of carbonyl (C=O) groups is 1. The van der Waals surface area contributed by atoms with Crippen molar-refractivity contribution in [2.45, 2.75) is 36.5 Å². The number of hydrogen-bond acceptors (Lipinski definition) is 6. The summed E-state index contributed by atoms with van der Waals surface area (Å²) in [7, 11) is -7.54. The van der Waals surface area contributed by atoms with E-state index in [0.717, 1.165) is 24.0 Å². The maximum absolute atomic E-state index is 13.0. The summed E-state index contributed by atoms with van der Waals surface area (Å²) in [4.78, 5) is 12.7. The van der Waals surface area contributed by atoms with Gasteiger partial charge in [0.25, 0.3) is 15.9 Å². The number of sulfonamides is 2. The van der Waals surface area contributed by atoms with Crippen molar-refractivity contribution in [2.24, 2.45) is 0 Å². The van der Waals surface area contributed by atoms with Crippen LogP contribution in [0.4, 0.5) is 5.69 Å². The molecule has 1 heterocycles. The first-order chi connectivity index (χ1) is 18.5. The number of nitrogens with zero attached hydrogens (tertiary/aromatic N) is 1. The van der Waals surface area contributed by atoms with Gasteiger partial charge in [0.15, 0.2) is 0 Å². The van der Waals surface area contributed by atoms with Gasteiger partial charge in [-0.05, 0) is 92.4 Å². The number of ether oxygens (including phenoxy) is 1. The molecule has 0 aromatic heterocycles. The summed E-state index contributed by atoms with van der Waals surface area (Å²) >= 11 is 6.17. The lowest BCUT2D eigenvalue weighted by atomic mass is 10.1. The van der Waals surface area contributed by atoms with Gasteiger partial charge in [0.2, 0.25) is 10.0 Å². The molecular formula is C27H30ClN3O6S2. The largest absolute Gasteiger partial charge is 0.492 e. The Labute approximate surface area is 234 Å². The molecule has 1 saturated heterocycles. The van der Waals surface area contributed by atoms with Crippen LogP contribution in [0, 0.1) is 13.8 Å². The summed E-state index contributed by atoms with van der Waals surface area (Å²) < 4.78 is 60.8. The average Bonchev–Trinajstić information content (AvgIpc) is 3.45. The van der Waals surface area contributed by atoms with Crippen LogP contribution in [0.2, 0.25) is 5.02 Å². The predicted octanol–water partition coefficient (Wildman–Crippen LogP) is 4.35. The van der Waals surface area contributed by atoms with Gasteiger partial charge >= 0.3 is 0 Å². The van der Waals surface area contributed by atoms with E-state index in [0.29, 0.717) is 24.5 Å². The van der Waals surface area contributed by atoms with Crippen molar-refractivity contribution in [1.82, 2.24) is 9.62 Å². The van der Waals surface area contributed by atoms with Gasteiger partial charge in [-0.1, -0.05) is 17.7 Å². The molecule has 3 aromatic carbocycles. The monoisotopic (exact) mass is 591 g/mol. The molecule has 1 fully saturated rings. The summed E-state index contributed by atoms with van der Waals surface area (Å²) in [6.07, 6.45) is 1.73. The van der Waals surface area contributed by atoms with E-state index in [2.05, 4.69) is 10.0 Å². The molecule has 0 atom stereocenters. The van der Waals surface area contributed by atoms with Gasteiger partial charge in [0.05, 0.1) is 16.5 Å². The third-order valence-electron chi connectivity index (χ3n) is 6.42. The summed E-state index contributed by atoms with van der Waals surface area (Å²) in [6, 6.07) is 15.4. The fourth-order valence-electron chi connectivity index (χ4n) is 4.09. The van der Waals surface area contributed by atoms with Crippen molar-refractivity contribution in [3.8, 4) is 5.75 Å². The highest BCUT2D eigenvalue weighted by molar-refractivity contribution is 7.92. The van der Waals surface area contributed by atoms with Gasteiger partial charge in [-0.15, -0.1) is 0 Å². The molecule has 0 saturated carbocycles. The normalized spacial score (nSPS) is 14.2. The SMILES string of the molecule is Cc1ccc(NS(=O)(=O)c2cc(C(=O)NCCOc3ccc(S(=O)(=O)N4CCCC4)cc3)ccc2Cl)cc1C. The van der Waals surface area contributed by atoms with Crippen molar-refractivity contribution < 1.29 is 26.4 Å². The molecule has 1 amide bonds. The highest BCUT2D eigenvalue weighted by Crippen LogP contribution is 2.26. The summed E-state index contributed by atoms with van der Waals surface area (Å²) in [5.41, 5.74) is 2.47.